The molecule has 1 aromatic rings. The average molecular weight is 265 g/mol. The van der Waals surface area contributed by atoms with Gasteiger partial charge in [0.1, 0.15) is 18.5 Å². The SMILES string of the molecule is Cc1ccccc1OC[C@H](O)CN(C(C)C)C(C)C. The molecular formula is C16H27NO2. The van der Waals surface area contributed by atoms with Crippen molar-refractivity contribution < 1.29 is 9.84 Å². The highest BCUT2D eigenvalue weighted by molar-refractivity contribution is 5.31. The molecule has 0 unspecified atom stereocenters. The van der Waals surface area contributed by atoms with Crippen LogP contribution in [0, 0.1) is 6.92 Å². The van der Waals surface area contributed by atoms with Gasteiger partial charge in [-0.05, 0) is 46.2 Å². The van der Waals surface area contributed by atoms with Gasteiger partial charge in [0.15, 0.2) is 0 Å². The molecule has 0 aromatic heterocycles. The molecule has 0 radical (unpaired) electrons. The Hall–Kier alpha value is -1.06. The van der Waals surface area contributed by atoms with Crippen molar-refractivity contribution in [3.05, 3.63) is 29.8 Å². The highest BCUT2D eigenvalue weighted by atomic mass is 16.5. The number of aryl methyl sites for hydroxylation is 1. The summed E-state index contributed by atoms with van der Waals surface area (Å²) in [5, 5.41) is 10.1. The van der Waals surface area contributed by atoms with Crippen LogP contribution in [-0.4, -0.2) is 41.3 Å². The lowest BCUT2D eigenvalue weighted by atomic mass is 10.2. The molecule has 0 aliphatic rings. The van der Waals surface area contributed by atoms with E-state index >= 15 is 0 Å². The fraction of sp³-hybridized carbons (Fsp3) is 0.625. The van der Waals surface area contributed by atoms with Crippen LogP contribution in [0.2, 0.25) is 0 Å². The molecule has 0 amide bonds. The molecule has 3 nitrogen and oxygen atoms in total. The molecule has 0 saturated heterocycles. The molecule has 0 spiro atoms. The lowest BCUT2D eigenvalue weighted by Crippen LogP contribution is -2.43. The third kappa shape index (κ3) is 5.21. The third-order valence-corrected chi connectivity index (χ3v) is 3.27. The van der Waals surface area contributed by atoms with Crippen LogP contribution in [0.1, 0.15) is 33.3 Å². The number of hydrogen-bond acceptors (Lipinski definition) is 3. The van der Waals surface area contributed by atoms with Crippen molar-refractivity contribution >= 4 is 0 Å². The van der Waals surface area contributed by atoms with Gasteiger partial charge in [-0.25, -0.2) is 0 Å². The minimum atomic E-state index is -0.468. The Labute approximate surface area is 117 Å². The molecule has 0 fully saturated rings. The maximum atomic E-state index is 10.1. The summed E-state index contributed by atoms with van der Waals surface area (Å²) in [4.78, 5) is 2.27. The molecule has 1 aromatic carbocycles. The van der Waals surface area contributed by atoms with Crippen molar-refractivity contribution in [1.29, 1.82) is 0 Å². The van der Waals surface area contributed by atoms with E-state index < -0.39 is 6.10 Å². The maximum absolute atomic E-state index is 10.1. The van der Waals surface area contributed by atoms with Gasteiger partial charge in [0.2, 0.25) is 0 Å². The van der Waals surface area contributed by atoms with E-state index in [9.17, 15) is 5.11 Å². The second kappa shape index (κ2) is 7.51. The van der Waals surface area contributed by atoms with Crippen LogP contribution in [0.3, 0.4) is 0 Å². The first-order valence-corrected chi connectivity index (χ1v) is 7.04. The summed E-state index contributed by atoms with van der Waals surface area (Å²) in [5.41, 5.74) is 1.10. The van der Waals surface area contributed by atoms with E-state index in [0.29, 0.717) is 25.2 Å². The lowest BCUT2D eigenvalue weighted by Gasteiger charge is -2.32. The summed E-state index contributed by atoms with van der Waals surface area (Å²) >= 11 is 0. The fourth-order valence-electron chi connectivity index (χ4n) is 2.22. The van der Waals surface area contributed by atoms with Gasteiger partial charge in [-0.3, -0.25) is 4.90 Å². The summed E-state index contributed by atoms with van der Waals surface area (Å²) in [6, 6.07) is 8.73. The fourth-order valence-corrected chi connectivity index (χ4v) is 2.22. The van der Waals surface area contributed by atoms with E-state index in [1.54, 1.807) is 0 Å². The number of benzene rings is 1. The molecule has 0 aliphatic heterocycles. The zero-order chi connectivity index (χ0) is 14.4. The van der Waals surface area contributed by atoms with Crippen molar-refractivity contribution in [2.75, 3.05) is 13.2 Å². The standard InChI is InChI=1S/C16H27NO2/c1-12(2)17(13(3)4)10-15(18)11-19-16-9-7-6-8-14(16)5/h6-9,12-13,15,18H,10-11H2,1-5H3/t15-/m1/s1. The van der Waals surface area contributed by atoms with Crippen LogP contribution >= 0.6 is 0 Å². The van der Waals surface area contributed by atoms with Crippen LogP contribution in [0.25, 0.3) is 0 Å². The molecule has 0 bridgehead atoms. The van der Waals surface area contributed by atoms with E-state index in [1.807, 2.05) is 31.2 Å². The maximum Gasteiger partial charge on any atom is 0.122 e. The second-order valence-electron chi connectivity index (χ2n) is 5.61. The first-order valence-electron chi connectivity index (χ1n) is 7.04. The van der Waals surface area contributed by atoms with Gasteiger partial charge in [0.05, 0.1) is 0 Å². The Kier molecular flexibility index (Phi) is 6.32. The van der Waals surface area contributed by atoms with Gasteiger partial charge in [0, 0.05) is 18.6 Å². The third-order valence-electron chi connectivity index (χ3n) is 3.27. The highest BCUT2D eigenvalue weighted by Crippen LogP contribution is 2.16. The van der Waals surface area contributed by atoms with E-state index in [1.165, 1.54) is 0 Å². The Balaban J connectivity index is 2.47. The highest BCUT2D eigenvalue weighted by Gasteiger charge is 2.18. The summed E-state index contributed by atoms with van der Waals surface area (Å²) in [5.74, 6) is 0.849. The predicted octanol–water partition coefficient (Wildman–Crippen LogP) is 2.85. The van der Waals surface area contributed by atoms with Crippen molar-refractivity contribution in [1.82, 2.24) is 4.90 Å². The van der Waals surface area contributed by atoms with E-state index in [0.717, 1.165) is 11.3 Å². The molecule has 0 saturated carbocycles. The molecule has 1 rings (SSSR count). The Morgan fingerprint density at radius 1 is 1.11 bits per heavy atom. The molecule has 1 N–H and O–H groups in total. The van der Waals surface area contributed by atoms with E-state index in [2.05, 4.69) is 32.6 Å². The Bertz CT molecular complexity index is 369. The Morgan fingerprint density at radius 2 is 1.68 bits per heavy atom. The molecule has 108 valence electrons. The summed E-state index contributed by atoms with van der Waals surface area (Å²) in [6.07, 6.45) is -0.468. The number of ether oxygens (including phenoxy) is 1. The van der Waals surface area contributed by atoms with Gasteiger partial charge in [-0.2, -0.15) is 0 Å². The minimum absolute atomic E-state index is 0.334. The summed E-state index contributed by atoms with van der Waals surface area (Å²) in [6.45, 7) is 11.6. The number of rotatable bonds is 7. The molecule has 0 heterocycles. The first kappa shape index (κ1) is 16.0. The first-order chi connectivity index (χ1) is 8.91. The van der Waals surface area contributed by atoms with Gasteiger partial charge < -0.3 is 9.84 Å². The minimum Gasteiger partial charge on any atom is -0.491 e. The quantitative estimate of drug-likeness (QED) is 0.823. The monoisotopic (exact) mass is 265 g/mol. The number of para-hydroxylation sites is 1. The average Bonchev–Trinajstić information content (AvgIpc) is 2.34. The summed E-state index contributed by atoms with van der Waals surface area (Å²) in [7, 11) is 0. The lowest BCUT2D eigenvalue weighted by molar-refractivity contribution is 0.0444. The molecule has 3 heteroatoms. The van der Waals surface area contributed by atoms with Crippen molar-refractivity contribution in [3.63, 3.8) is 0 Å². The van der Waals surface area contributed by atoms with E-state index in [-0.39, 0.29) is 0 Å². The number of hydrogen-bond donors (Lipinski definition) is 1. The topological polar surface area (TPSA) is 32.7 Å². The zero-order valence-corrected chi connectivity index (χ0v) is 12.8. The second-order valence-corrected chi connectivity index (χ2v) is 5.61. The smallest absolute Gasteiger partial charge is 0.122 e. The van der Waals surface area contributed by atoms with Crippen LogP contribution in [0.5, 0.6) is 5.75 Å². The molecule has 0 aliphatic carbocycles. The van der Waals surface area contributed by atoms with E-state index in [4.69, 9.17) is 4.74 Å². The van der Waals surface area contributed by atoms with Gasteiger partial charge in [0.25, 0.3) is 0 Å². The number of aliphatic hydroxyl groups excluding tert-OH is 1. The van der Waals surface area contributed by atoms with Crippen LogP contribution in [0.15, 0.2) is 24.3 Å². The normalized spacial score (nSPS) is 13.3. The van der Waals surface area contributed by atoms with Gasteiger partial charge in [-0.15, -0.1) is 0 Å². The zero-order valence-electron chi connectivity index (χ0n) is 12.8. The van der Waals surface area contributed by atoms with Crippen molar-refractivity contribution in [2.45, 2.75) is 52.8 Å². The van der Waals surface area contributed by atoms with Gasteiger partial charge in [-0.1, -0.05) is 18.2 Å². The van der Waals surface area contributed by atoms with Gasteiger partial charge >= 0.3 is 0 Å². The van der Waals surface area contributed by atoms with Crippen molar-refractivity contribution in [2.24, 2.45) is 0 Å². The molecule has 1 atom stereocenters. The molecule has 19 heavy (non-hydrogen) atoms. The molecular weight excluding hydrogens is 238 g/mol. The number of aliphatic hydroxyl groups is 1. The summed E-state index contributed by atoms with van der Waals surface area (Å²) < 4.78 is 5.68. The Morgan fingerprint density at radius 3 is 2.21 bits per heavy atom. The largest absolute Gasteiger partial charge is 0.491 e. The van der Waals surface area contributed by atoms with Crippen LogP contribution in [0.4, 0.5) is 0 Å². The predicted molar refractivity (Wildman–Crippen MR) is 79.7 cm³/mol. The van der Waals surface area contributed by atoms with Crippen LogP contribution < -0.4 is 4.74 Å². The number of nitrogens with zero attached hydrogens (tertiary/aromatic N) is 1. The van der Waals surface area contributed by atoms with Crippen LogP contribution in [-0.2, 0) is 0 Å². The van der Waals surface area contributed by atoms with Crippen molar-refractivity contribution in [3.8, 4) is 5.75 Å².